The van der Waals surface area contributed by atoms with Crippen molar-refractivity contribution in [1.29, 1.82) is 0 Å². The molecule has 7 heteroatoms. The molecule has 0 saturated carbocycles. The predicted molar refractivity (Wildman–Crippen MR) is 64.8 cm³/mol. The molecule has 1 aromatic carbocycles. The van der Waals surface area contributed by atoms with Crippen molar-refractivity contribution in [3.63, 3.8) is 0 Å². The van der Waals surface area contributed by atoms with Gasteiger partial charge in [0.1, 0.15) is 5.78 Å². The summed E-state index contributed by atoms with van der Waals surface area (Å²) in [4.78, 5) is 29.1. The van der Waals surface area contributed by atoms with E-state index in [4.69, 9.17) is 21.4 Å². The van der Waals surface area contributed by atoms with Crippen LogP contribution in [0.1, 0.15) is 12.5 Å². The van der Waals surface area contributed by atoms with Crippen LogP contribution in [-0.4, -0.2) is 21.5 Å². The maximum atomic E-state index is 11.2. The molecular weight excluding hydrogens is 265 g/mol. The smallest absolute Gasteiger partial charge is 0.342 e. The first-order chi connectivity index (χ1) is 7.79. The van der Waals surface area contributed by atoms with Crippen molar-refractivity contribution in [2.24, 2.45) is 0 Å². The molecule has 0 aliphatic heterocycles. The molecule has 1 rings (SSSR count). The Hall–Kier alpha value is -0.870. The lowest BCUT2D eigenvalue weighted by Gasteiger charge is -2.19. The molecule has 0 unspecified atom stereocenters. The second-order valence-corrected chi connectivity index (χ2v) is 5.87. The second-order valence-electron chi connectivity index (χ2n) is 3.64. The molecular formula is C10H13ClNO4P. The van der Waals surface area contributed by atoms with Crippen LogP contribution >= 0.6 is 19.2 Å². The van der Waals surface area contributed by atoms with Gasteiger partial charge in [-0.2, -0.15) is 0 Å². The van der Waals surface area contributed by atoms with Crippen molar-refractivity contribution in [3.05, 3.63) is 34.9 Å². The molecule has 0 fully saturated rings. The molecule has 0 saturated heterocycles. The lowest BCUT2D eigenvalue weighted by atomic mass is 10.1. The van der Waals surface area contributed by atoms with Crippen LogP contribution in [-0.2, 0) is 15.8 Å². The molecule has 0 aliphatic rings. The van der Waals surface area contributed by atoms with Gasteiger partial charge in [-0.25, -0.2) is 0 Å². The minimum absolute atomic E-state index is 0.0566. The highest BCUT2D eigenvalue weighted by molar-refractivity contribution is 7.52. The number of hydrogen-bond donors (Lipinski definition) is 3. The SMILES string of the molecule is CC(=O)N[C@@H](Cc1ccc(Cl)cc1)P(=O)(O)O. The summed E-state index contributed by atoms with van der Waals surface area (Å²) >= 11 is 5.70. The van der Waals surface area contributed by atoms with Crippen LogP contribution in [0.3, 0.4) is 0 Å². The van der Waals surface area contributed by atoms with E-state index in [9.17, 15) is 9.36 Å². The van der Waals surface area contributed by atoms with E-state index < -0.39 is 19.3 Å². The monoisotopic (exact) mass is 277 g/mol. The Kier molecular flexibility index (Phi) is 4.71. The van der Waals surface area contributed by atoms with E-state index >= 15 is 0 Å². The zero-order chi connectivity index (χ0) is 13.1. The highest BCUT2D eigenvalue weighted by Crippen LogP contribution is 2.41. The Labute approximate surface area is 104 Å². The minimum Gasteiger partial charge on any atom is -0.342 e. The molecule has 1 amide bonds. The summed E-state index contributed by atoms with van der Waals surface area (Å²) in [5.74, 6) is -1.69. The van der Waals surface area contributed by atoms with Gasteiger partial charge in [0.2, 0.25) is 5.91 Å². The minimum atomic E-state index is -4.37. The van der Waals surface area contributed by atoms with Crippen LogP contribution in [0.2, 0.25) is 5.02 Å². The molecule has 1 aromatic rings. The molecule has 0 spiro atoms. The van der Waals surface area contributed by atoms with Gasteiger partial charge < -0.3 is 15.1 Å². The van der Waals surface area contributed by atoms with E-state index in [0.29, 0.717) is 10.6 Å². The zero-order valence-electron chi connectivity index (χ0n) is 9.13. The van der Waals surface area contributed by atoms with Gasteiger partial charge in [0.05, 0.1) is 0 Å². The Morgan fingerprint density at radius 1 is 1.41 bits per heavy atom. The van der Waals surface area contributed by atoms with Gasteiger partial charge in [-0.3, -0.25) is 9.36 Å². The van der Waals surface area contributed by atoms with Crippen LogP contribution in [0.4, 0.5) is 0 Å². The topological polar surface area (TPSA) is 86.6 Å². The van der Waals surface area contributed by atoms with Crippen molar-refractivity contribution in [2.45, 2.75) is 19.1 Å². The molecule has 0 heterocycles. The van der Waals surface area contributed by atoms with E-state index in [2.05, 4.69) is 5.32 Å². The number of amides is 1. The second kappa shape index (κ2) is 5.65. The van der Waals surface area contributed by atoms with E-state index in [-0.39, 0.29) is 6.42 Å². The summed E-state index contributed by atoms with van der Waals surface area (Å²) in [7, 11) is -4.37. The standard InChI is InChI=1S/C10H13ClNO4P/c1-7(13)12-10(17(14,15)16)6-8-2-4-9(11)5-3-8/h2-5,10H,6H2,1H3,(H,12,13)(H2,14,15,16)/t10-/m1/s1. The first-order valence-electron chi connectivity index (χ1n) is 4.86. The number of benzene rings is 1. The largest absolute Gasteiger partial charge is 0.347 e. The quantitative estimate of drug-likeness (QED) is 0.728. The van der Waals surface area contributed by atoms with Crippen LogP contribution in [0.5, 0.6) is 0 Å². The zero-order valence-corrected chi connectivity index (χ0v) is 10.8. The Morgan fingerprint density at radius 2 is 1.94 bits per heavy atom. The highest BCUT2D eigenvalue weighted by Gasteiger charge is 2.29. The summed E-state index contributed by atoms with van der Waals surface area (Å²) < 4.78 is 11.2. The fraction of sp³-hybridized carbons (Fsp3) is 0.300. The number of carbonyl (C=O) groups is 1. The highest BCUT2D eigenvalue weighted by atomic mass is 35.5. The third-order valence-corrected chi connectivity index (χ3v) is 3.49. The number of halogens is 1. The summed E-state index contributed by atoms with van der Waals surface area (Å²) in [5.41, 5.74) is 0.691. The Bertz CT molecular complexity index is 442. The van der Waals surface area contributed by atoms with Gasteiger partial charge >= 0.3 is 7.60 Å². The number of nitrogens with one attached hydrogen (secondary N) is 1. The lowest BCUT2D eigenvalue weighted by Crippen LogP contribution is -2.34. The van der Waals surface area contributed by atoms with E-state index in [1.54, 1.807) is 24.3 Å². The van der Waals surface area contributed by atoms with Gasteiger partial charge in [-0.1, -0.05) is 23.7 Å². The summed E-state index contributed by atoms with van der Waals surface area (Å²) in [6.45, 7) is 1.21. The maximum absolute atomic E-state index is 11.2. The predicted octanol–water partition coefficient (Wildman–Crippen LogP) is 1.52. The van der Waals surface area contributed by atoms with Crippen molar-refractivity contribution in [2.75, 3.05) is 0 Å². The Morgan fingerprint density at radius 3 is 2.35 bits per heavy atom. The van der Waals surface area contributed by atoms with Crippen LogP contribution < -0.4 is 5.32 Å². The fourth-order valence-corrected chi connectivity index (χ4v) is 2.26. The molecule has 3 N–H and O–H groups in total. The average molecular weight is 278 g/mol. The van der Waals surface area contributed by atoms with Gasteiger partial charge in [0, 0.05) is 18.4 Å². The van der Waals surface area contributed by atoms with Crippen LogP contribution in [0, 0.1) is 0 Å². The number of carbonyl (C=O) groups excluding carboxylic acids is 1. The summed E-state index contributed by atoms with van der Waals surface area (Å²) in [6, 6.07) is 6.57. The average Bonchev–Trinajstić information content (AvgIpc) is 2.18. The molecule has 0 bridgehead atoms. The van der Waals surface area contributed by atoms with Gasteiger partial charge in [0.15, 0.2) is 0 Å². The maximum Gasteiger partial charge on any atom is 0.347 e. The number of hydrogen-bond acceptors (Lipinski definition) is 2. The van der Waals surface area contributed by atoms with Gasteiger partial charge in [-0.15, -0.1) is 0 Å². The fourth-order valence-electron chi connectivity index (χ4n) is 1.33. The van der Waals surface area contributed by atoms with Crippen molar-refractivity contribution < 1.29 is 19.1 Å². The van der Waals surface area contributed by atoms with Crippen LogP contribution in [0.25, 0.3) is 0 Å². The molecule has 0 aliphatic carbocycles. The van der Waals surface area contributed by atoms with Crippen molar-refractivity contribution in [1.82, 2.24) is 5.32 Å². The van der Waals surface area contributed by atoms with Crippen molar-refractivity contribution in [3.8, 4) is 0 Å². The molecule has 5 nitrogen and oxygen atoms in total. The summed E-state index contributed by atoms with van der Waals surface area (Å²) in [6.07, 6.45) is 0.0566. The lowest BCUT2D eigenvalue weighted by molar-refractivity contribution is -0.119. The van der Waals surface area contributed by atoms with E-state index in [1.807, 2.05) is 0 Å². The van der Waals surface area contributed by atoms with Crippen LogP contribution in [0.15, 0.2) is 24.3 Å². The van der Waals surface area contributed by atoms with E-state index in [0.717, 1.165) is 0 Å². The molecule has 1 atom stereocenters. The Balaban J connectivity index is 2.83. The molecule has 17 heavy (non-hydrogen) atoms. The van der Waals surface area contributed by atoms with E-state index in [1.165, 1.54) is 6.92 Å². The van der Waals surface area contributed by atoms with Gasteiger partial charge in [0.25, 0.3) is 0 Å². The summed E-state index contributed by atoms with van der Waals surface area (Å²) in [5, 5.41) is 2.79. The third kappa shape index (κ3) is 4.88. The third-order valence-electron chi connectivity index (χ3n) is 2.12. The van der Waals surface area contributed by atoms with Gasteiger partial charge in [-0.05, 0) is 17.7 Å². The molecule has 94 valence electrons. The molecule has 0 aromatic heterocycles. The normalized spacial score (nSPS) is 13.2. The number of rotatable bonds is 4. The molecule has 0 radical (unpaired) electrons. The first-order valence-corrected chi connectivity index (χ1v) is 6.92. The first kappa shape index (κ1) is 14.2. The van der Waals surface area contributed by atoms with Crippen molar-refractivity contribution >= 4 is 25.1 Å².